The fourth-order valence-electron chi connectivity index (χ4n) is 4.36. The van der Waals surface area contributed by atoms with Crippen LogP contribution >= 0.6 is 11.3 Å². The molecule has 1 aliphatic heterocycles. The van der Waals surface area contributed by atoms with Gasteiger partial charge in [0, 0.05) is 31.2 Å². The Bertz CT molecular complexity index is 1290. The summed E-state index contributed by atoms with van der Waals surface area (Å²) >= 11 is 1.26. The Morgan fingerprint density at radius 2 is 1.89 bits per heavy atom. The molecule has 10 heteroatoms. The first-order valence-electron chi connectivity index (χ1n) is 11.9. The van der Waals surface area contributed by atoms with Gasteiger partial charge in [-0.25, -0.2) is 17.8 Å². The number of fused-ring (bicyclic) bond motifs is 1. The number of hydrogen-bond donors (Lipinski definition) is 0. The number of rotatable bonds is 8. The van der Waals surface area contributed by atoms with Crippen molar-refractivity contribution in [3.8, 4) is 0 Å². The van der Waals surface area contributed by atoms with Crippen molar-refractivity contribution in [1.29, 1.82) is 0 Å². The first kappa shape index (κ1) is 25.7. The number of carbonyl (C=O) groups is 1. The van der Waals surface area contributed by atoms with E-state index in [0.29, 0.717) is 35.0 Å². The molecule has 1 atom stereocenters. The van der Waals surface area contributed by atoms with E-state index in [4.69, 9.17) is 0 Å². The zero-order chi connectivity index (χ0) is 25.2. The number of likely N-dealkylation sites (N-methyl/N-ethyl adjacent to an activating group) is 1. The molecule has 1 fully saturated rings. The topological polar surface area (TPSA) is 73.8 Å². The maximum absolute atomic E-state index is 14.2. The molecule has 0 bridgehead atoms. The van der Waals surface area contributed by atoms with E-state index in [9.17, 15) is 17.6 Å². The summed E-state index contributed by atoms with van der Waals surface area (Å²) in [5, 5.41) is 0.410. The number of benzene rings is 2. The molecule has 0 saturated carbocycles. The summed E-state index contributed by atoms with van der Waals surface area (Å²) in [6.45, 7) is 3.48. The van der Waals surface area contributed by atoms with E-state index in [0.717, 1.165) is 25.7 Å². The van der Waals surface area contributed by atoms with Crippen molar-refractivity contribution in [1.82, 2.24) is 14.2 Å². The number of carbonyl (C=O) groups excluding carboxylic acids is 1. The van der Waals surface area contributed by atoms with Crippen molar-refractivity contribution in [2.45, 2.75) is 43.5 Å². The summed E-state index contributed by atoms with van der Waals surface area (Å²) in [4.78, 5) is 21.6. The van der Waals surface area contributed by atoms with Crippen molar-refractivity contribution in [2.24, 2.45) is 0 Å². The molecule has 1 amide bonds. The predicted molar refractivity (Wildman–Crippen MR) is 138 cm³/mol. The van der Waals surface area contributed by atoms with Gasteiger partial charge >= 0.3 is 0 Å². The van der Waals surface area contributed by atoms with Crippen molar-refractivity contribution < 1.29 is 17.6 Å². The number of halogens is 1. The van der Waals surface area contributed by atoms with Gasteiger partial charge in [0.25, 0.3) is 5.91 Å². The smallest absolute Gasteiger partial charge is 0.260 e. The van der Waals surface area contributed by atoms with E-state index in [2.05, 4.69) is 4.98 Å². The Hall–Kier alpha value is -2.40. The minimum Gasteiger partial charge on any atom is -0.308 e. The number of anilines is 1. The predicted octanol–water partition coefficient (Wildman–Crippen LogP) is 4.60. The second-order valence-electron chi connectivity index (χ2n) is 9.04. The molecule has 1 aromatic heterocycles. The summed E-state index contributed by atoms with van der Waals surface area (Å²) in [5.74, 6) is -0.734. The van der Waals surface area contributed by atoms with Gasteiger partial charge in [0.2, 0.25) is 10.0 Å². The Kier molecular flexibility index (Phi) is 7.85. The Labute approximate surface area is 210 Å². The van der Waals surface area contributed by atoms with Gasteiger partial charge in [0.05, 0.1) is 9.60 Å². The summed E-state index contributed by atoms with van der Waals surface area (Å²) in [6, 6.07) is 10.9. The largest absolute Gasteiger partial charge is 0.308 e. The van der Waals surface area contributed by atoms with Gasteiger partial charge in [-0.2, -0.15) is 4.31 Å². The van der Waals surface area contributed by atoms with Crippen molar-refractivity contribution in [3.05, 3.63) is 53.8 Å². The molecule has 3 aromatic rings. The average molecular weight is 519 g/mol. The maximum Gasteiger partial charge on any atom is 0.260 e. The zero-order valence-corrected chi connectivity index (χ0v) is 21.9. The standard InChI is InChI=1S/C25H31FN4O3S2/c1-4-19-8-5-6-15-30(19)35(32,33)20-13-11-18(12-14-20)24(31)29(17-16-28(2)3)25-27-23-21(26)9-7-10-22(23)34-25/h7,9-14,19H,4-6,8,15-17H2,1-3H3. The van der Waals surface area contributed by atoms with E-state index in [-0.39, 0.29) is 22.4 Å². The van der Waals surface area contributed by atoms with Crippen LogP contribution in [0.4, 0.5) is 9.52 Å². The second-order valence-corrected chi connectivity index (χ2v) is 11.9. The Balaban J connectivity index is 1.62. The second kappa shape index (κ2) is 10.7. The van der Waals surface area contributed by atoms with Crippen LogP contribution in [0, 0.1) is 5.82 Å². The molecule has 1 saturated heterocycles. The van der Waals surface area contributed by atoms with Crippen LogP contribution in [0.2, 0.25) is 0 Å². The Morgan fingerprint density at radius 1 is 1.14 bits per heavy atom. The van der Waals surface area contributed by atoms with Crippen molar-refractivity contribution >= 4 is 42.6 Å². The van der Waals surface area contributed by atoms with Crippen LogP contribution < -0.4 is 4.90 Å². The SMILES string of the molecule is CCC1CCCCN1S(=O)(=O)c1ccc(C(=O)N(CCN(C)C)c2nc3c(F)cccc3s2)cc1. The van der Waals surface area contributed by atoms with E-state index in [1.165, 1.54) is 34.4 Å². The monoisotopic (exact) mass is 518 g/mol. The highest BCUT2D eigenvalue weighted by Gasteiger charge is 2.32. The first-order valence-corrected chi connectivity index (χ1v) is 14.1. The van der Waals surface area contributed by atoms with Gasteiger partial charge in [-0.1, -0.05) is 30.7 Å². The van der Waals surface area contributed by atoms with Gasteiger partial charge in [0.1, 0.15) is 11.3 Å². The first-order chi connectivity index (χ1) is 16.7. The maximum atomic E-state index is 14.2. The number of piperidine rings is 1. The molecule has 0 spiro atoms. The van der Waals surface area contributed by atoms with Crippen LogP contribution in [-0.2, 0) is 10.0 Å². The summed E-state index contributed by atoms with van der Waals surface area (Å²) in [7, 11) is 0.183. The molecule has 7 nitrogen and oxygen atoms in total. The van der Waals surface area contributed by atoms with Crippen LogP contribution in [-0.4, -0.2) is 68.3 Å². The molecule has 2 heterocycles. The van der Waals surface area contributed by atoms with Crippen molar-refractivity contribution in [2.75, 3.05) is 38.6 Å². The molecule has 188 valence electrons. The normalized spacial score (nSPS) is 17.2. The lowest BCUT2D eigenvalue weighted by Gasteiger charge is -2.34. The lowest BCUT2D eigenvalue weighted by atomic mass is 10.0. The van der Waals surface area contributed by atoms with Gasteiger partial charge in [-0.3, -0.25) is 9.69 Å². The number of hydrogen-bond acceptors (Lipinski definition) is 6. The third-order valence-corrected chi connectivity index (χ3v) is 9.37. The lowest BCUT2D eigenvalue weighted by molar-refractivity contribution is 0.0985. The Morgan fingerprint density at radius 3 is 2.54 bits per heavy atom. The number of aromatic nitrogens is 1. The highest BCUT2D eigenvalue weighted by Crippen LogP contribution is 2.32. The molecule has 0 aliphatic carbocycles. The van der Waals surface area contributed by atoms with Gasteiger partial charge in [-0.15, -0.1) is 0 Å². The molecule has 2 aromatic carbocycles. The third-order valence-electron chi connectivity index (χ3n) is 6.36. The van der Waals surface area contributed by atoms with Crippen LogP contribution in [0.3, 0.4) is 0 Å². The number of amides is 1. The van der Waals surface area contributed by atoms with E-state index >= 15 is 0 Å². The molecular weight excluding hydrogens is 487 g/mol. The summed E-state index contributed by atoms with van der Waals surface area (Å²) in [6.07, 6.45) is 3.54. The van der Waals surface area contributed by atoms with Gasteiger partial charge in [-0.05, 0) is 69.8 Å². The van der Waals surface area contributed by atoms with E-state index in [1.54, 1.807) is 28.6 Å². The van der Waals surface area contributed by atoms with Crippen LogP contribution in [0.5, 0.6) is 0 Å². The molecule has 4 rings (SSSR count). The summed E-state index contributed by atoms with van der Waals surface area (Å²) < 4.78 is 43.1. The minimum atomic E-state index is -3.63. The lowest BCUT2D eigenvalue weighted by Crippen LogP contribution is -2.43. The van der Waals surface area contributed by atoms with Gasteiger partial charge < -0.3 is 4.90 Å². The molecule has 1 aliphatic rings. The van der Waals surface area contributed by atoms with Crippen molar-refractivity contribution in [3.63, 3.8) is 0 Å². The molecule has 35 heavy (non-hydrogen) atoms. The fraction of sp³-hybridized carbons (Fsp3) is 0.440. The molecule has 1 unspecified atom stereocenters. The number of para-hydroxylation sites is 1. The number of sulfonamides is 1. The average Bonchev–Trinajstić information content (AvgIpc) is 3.29. The summed E-state index contributed by atoms with van der Waals surface area (Å²) in [5.41, 5.74) is 0.594. The van der Waals surface area contributed by atoms with Crippen LogP contribution in [0.15, 0.2) is 47.4 Å². The van der Waals surface area contributed by atoms with Crippen LogP contribution in [0.25, 0.3) is 10.2 Å². The highest BCUT2D eigenvalue weighted by atomic mass is 32.2. The quantitative estimate of drug-likeness (QED) is 0.436. The number of nitrogens with zero attached hydrogens (tertiary/aromatic N) is 4. The highest BCUT2D eigenvalue weighted by molar-refractivity contribution is 7.89. The van der Waals surface area contributed by atoms with Gasteiger partial charge in [0.15, 0.2) is 5.13 Å². The molecule has 0 N–H and O–H groups in total. The van der Waals surface area contributed by atoms with E-state index < -0.39 is 15.8 Å². The molecular formula is C25H31FN4O3S2. The third kappa shape index (κ3) is 5.40. The van der Waals surface area contributed by atoms with E-state index in [1.807, 2.05) is 25.9 Å². The van der Waals surface area contributed by atoms with Crippen LogP contribution in [0.1, 0.15) is 43.0 Å². The molecule has 0 radical (unpaired) electrons. The zero-order valence-electron chi connectivity index (χ0n) is 20.3. The number of thiazole rings is 1. The fourth-order valence-corrected chi connectivity index (χ4v) is 7.13. The minimum absolute atomic E-state index is 0.0102.